The number of aryl methyl sites for hydroxylation is 1. The molecule has 0 radical (unpaired) electrons. The fraction of sp³-hybridized carbons (Fsp3) is 0.250. The van der Waals surface area contributed by atoms with Crippen LogP contribution in [-0.2, 0) is 6.54 Å². The molecule has 0 saturated carbocycles. The zero-order chi connectivity index (χ0) is 17.1. The highest BCUT2D eigenvalue weighted by atomic mass is 16.5. The molecule has 0 saturated heterocycles. The number of anilines is 1. The third-order valence-electron chi connectivity index (χ3n) is 4.15. The summed E-state index contributed by atoms with van der Waals surface area (Å²) in [4.78, 5) is 5.66. The molecule has 0 unspecified atom stereocenters. The zero-order valence-corrected chi connectivity index (χ0v) is 14.6. The predicted molar refractivity (Wildman–Crippen MR) is 96.9 cm³/mol. The molecule has 0 spiro atoms. The normalized spacial score (nSPS) is 10.7. The van der Waals surface area contributed by atoms with Crippen molar-refractivity contribution >= 4 is 16.6 Å². The van der Waals surface area contributed by atoms with Crippen LogP contribution in [0.4, 0.5) is 5.69 Å². The first-order valence-electron chi connectivity index (χ1n) is 7.95. The molecule has 0 amide bonds. The summed E-state index contributed by atoms with van der Waals surface area (Å²) in [7, 11) is 5.49. The fourth-order valence-corrected chi connectivity index (χ4v) is 2.95. The van der Waals surface area contributed by atoms with E-state index in [1.54, 1.807) is 14.2 Å². The minimum Gasteiger partial charge on any atom is -0.497 e. The summed E-state index contributed by atoms with van der Waals surface area (Å²) >= 11 is 0. The number of pyridine rings is 1. The van der Waals surface area contributed by atoms with Crippen molar-refractivity contribution in [2.24, 2.45) is 0 Å². The number of H-pyrrole nitrogens is 1. The summed E-state index contributed by atoms with van der Waals surface area (Å²) in [5, 5.41) is 1.14. The lowest BCUT2D eigenvalue weighted by Crippen LogP contribution is -2.19. The minimum atomic E-state index is 0.799. The number of hydrogen-bond acceptors (Lipinski definition) is 3. The van der Waals surface area contributed by atoms with E-state index in [1.807, 2.05) is 18.2 Å². The Kier molecular flexibility index (Phi) is 4.56. The molecule has 24 heavy (non-hydrogen) atoms. The van der Waals surface area contributed by atoms with Crippen molar-refractivity contribution in [2.45, 2.75) is 13.5 Å². The molecule has 3 rings (SSSR count). The van der Waals surface area contributed by atoms with Crippen molar-refractivity contribution < 1.29 is 14.5 Å². The van der Waals surface area contributed by atoms with E-state index in [9.17, 15) is 0 Å². The molecule has 0 aliphatic heterocycles. The number of hydrogen-bond donors (Lipinski definition) is 0. The van der Waals surface area contributed by atoms with Crippen LogP contribution in [0.2, 0.25) is 0 Å². The molecule has 1 heterocycles. The Labute approximate surface area is 142 Å². The molecule has 1 aromatic heterocycles. The Bertz CT molecular complexity index is 861. The molecular formula is C20H23N2O2+. The van der Waals surface area contributed by atoms with E-state index in [1.165, 1.54) is 11.3 Å². The molecule has 0 aliphatic rings. The third-order valence-corrected chi connectivity index (χ3v) is 4.15. The molecule has 0 aliphatic carbocycles. The first-order chi connectivity index (χ1) is 11.6. The Balaban J connectivity index is 2.00. The van der Waals surface area contributed by atoms with Crippen LogP contribution in [-0.4, -0.2) is 21.3 Å². The largest absolute Gasteiger partial charge is 0.497 e. The highest BCUT2D eigenvalue weighted by Crippen LogP contribution is 2.29. The topological polar surface area (TPSA) is 35.8 Å². The van der Waals surface area contributed by atoms with E-state index in [2.05, 4.69) is 54.2 Å². The Morgan fingerprint density at radius 1 is 0.958 bits per heavy atom. The van der Waals surface area contributed by atoms with Gasteiger partial charge in [0.15, 0.2) is 5.69 Å². The third kappa shape index (κ3) is 3.27. The Hall–Kier alpha value is -2.75. The minimum absolute atomic E-state index is 0.799. The maximum Gasteiger partial charge on any atom is 0.213 e. The molecule has 124 valence electrons. The molecule has 4 nitrogen and oxygen atoms in total. The molecule has 1 N–H and O–H groups in total. The van der Waals surface area contributed by atoms with Crippen molar-refractivity contribution in [3.8, 4) is 11.5 Å². The number of benzene rings is 2. The van der Waals surface area contributed by atoms with Crippen LogP contribution >= 0.6 is 0 Å². The van der Waals surface area contributed by atoms with E-state index in [0.717, 1.165) is 34.6 Å². The van der Waals surface area contributed by atoms with E-state index < -0.39 is 0 Å². The first kappa shape index (κ1) is 16.1. The zero-order valence-electron chi connectivity index (χ0n) is 14.6. The number of aromatic amines is 1. The summed E-state index contributed by atoms with van der Waals surface area (Å²) < 4.78 is 10.7. The highest BCUT2D eigenvalue weighted by Gasteiger charge is 2.14. The van der Waals surface area contributed by atoms with Gasteiger partial charge in [-0.05, 0) is 29.8 Å². The van der Waals surface area contributed by atoms with Gasteiger partial charge in [-0.3, -0.25) is 0 Å². The lowest BCUT2D eigenvalue weighted by molar-refractivity contribution is -0.354. The lowest BCUT2D eigenvalue weighted by atomic mass is 10.1. The van der Waals surface area contributed by atoms with E-state index >= 15 is 0 Å². The number of rotatable bonds is 5. The van der Waals surface area contributed by atoms with Gasteiger partial charge in [0.1, 0.15) is 11.5 Å². The summed E-state index contributed by atoms with van der Waals surface area (Å²) in [6, 6.07) is 16.4. The molecule has 0 fully saturated rings. The summed E-state index contributed by atoms with van der Waals surface area (Å²) in [6.45, 7) is 2.87. The van der Waals surface area contributed by atoms with Gasteiger partial charge in [-0.25, -0.2) is 4.98 Å². The maximum atomic E-state index is 5.39. The van der Waals surface area contributed by atoms with Crippen molar-refractivity contribution in [1.29, 1.82) is 0 Å². The first-order valence-corrected chi connectivity index (χ1v) is 7.95. The van der Waals surface area contributed by atoms with Gasteiger partial charge in [0, 0.05) is 32.6 Å². The van der Waals surface area contributed by atoms with Crippen molar-refractivity contribution in [3.05, 3.63) is 59.8 Å². The van der Waals surface area contributed by atoms with Crippen LogP contribution < -0.4 is 19.4 Å². The van der Waals surface area contributed by atoms with Gasteiger partial charge in [-0.2, -0.15) is 0 Å². The van der Waals surface area contributed by atoms with Crippen molar-refractivity contribution in [2.75, 3.05) is 26.2 Å². The second-order valence-electron chi connectivity index (χ2n) is 5.96. The SMILES string of the molecule is COc1cccc(CN(C)c2cc(C)[nH+]c3ccc(OC)cc23)c1. The van der Waals surface area contributed by atoms with Gasteiger partial charge in [-0.15, -0.1) is 0 Å². The Morgan fingerprint density at radius 2 is 1.71 bits per heavy atom. The van der Waals surface area contributed by atoms with Crippen LogP contribution in [0.5, 0.6) is 11.5 Å². The molecule has 2 aromatic carbocycles. The monoisotopic (exact) mass is 323 g/mol. The van der Waals surface area contributed by atoms with Crippen molar-refractivity contribution in [3.63, 3.8) is 0 Å². The van der Waals surface area contributed by atoms with Crippen LogP contribution in [0.3, 0.4) is 0 Å². The number of nitrogens with one attached hydrogen (secondary N) is 1. The van der Waals surface area contributed by atoms with Crippen molar-refractivity contribution in [1.82, 2.24) is 0 Å². The van der Waals surface area contributed by atoms with Crippen LogP contribution in [0.1, 0.15) is 11.3 Å². The molecule has 4 heteroatoms. The van der Waals surface area contributed by atoms with E-state index in [-0.39, 0.29) is 0 Å². The average Bonchev–Trinajstić information content (AvgIpc) is 2.60. The van der Waals surface area contributed by atoms with Gasteiger partial charge >= 0.3 is 0 Å². The van der Waals surface area contributed by atoms with Crippen LogP contribution in [0, 0.1) is 6.92 Å². The van der Waals surface area contributed by atoms with Gasteiger partial charge in [-0.1, -0.05) is 12.1 Å². The molecule has 0 atom stereocenters. The van der Waals surface area contributed by atoms with Gasteiger partial charge in [0.2, 0.25) is 5.52 Å². The quantitative estimate of drug-likeness (QED) is 0.719. The van der Waals surface area contributed by atoms with Gasteiger partial charge in [0.25, 0.3) is 0 Å². The smallest absolute Gasteiger partial charge is 0.213 e. The number of fused-ring (bicyclic) bond motifs is 1. The fourth-order valence-electron chi connectivity index (χ4n) is 2.95. The van der Waals surface area contributed by atoms with E-state index in [0.29, 0.717) is 0 Å². The number of methoxy groups -OCH3 is 2. The Morgan fingerprint density at radius 3 is 2.46 bits per heavy atom. The van der Waals surface area contributed by atoms with E-state index in [4.69, 9.17) is 9.47 Å². The molecule has 3 aromatic rings. The van der Waals surface area contributed by atoms with Crippen LogP contribution in [0.15, 0.2) is 48.5 Å². The highest BCUT2D eigenvalue weighted by molar-refractivity contribution is 5.90. The molecule has 0 bridgehead atoms. The maximum absolute atomic E-state index is 5.39. The van der Waals surface area contributed by atoms with Gasteiger partial charge in [0.05, 0.1) is 25.3 Å². The number of ether oxygens (including phenoxy) is 2. The van der Waals surface area contributed by atoms with Gasteiger partial charge < -0.3 is 14.4 Å². The lowest BCUT2D eigenvalue weighted by Gasteiger charge is -2.21. The average molecular weight is 323 g/mol. The molecular weight excluding hydrogens is 300 g/mol. The summed E-state index contributed by atoms with van der Waals surface area (Å²) in [5.74, 6) is 1.74. The number of nitrogens with zero attached hydrogens (tertiary/aromatic N) is 1. The predicted octanol–water partition coefficient (Wildman–Crippen LogP) is 3.62. The summed E-state index contributed by atoms with van der Waals surface area (Å²) in [5.41, 5.74) is 4.60. The second-order valence-corrected chi connectivity index (χ2v) is 5.96. The second kappa shape index (κ2) is 6.79. The standard InChI is InChI=1S/C20H22N2O2/c1-14-10-20(18-12-17(24-4)8-9-19(18)21-14)22(2)13-15-6-5-7-16(11-15)23-3/h5-12H,13H2,1-4H3/p+1. The van der Waals surface area contributed by atoms with Crippen LogP contribution in [0.25, 0.3) is 10.9 Å². The number of aromatic nitrogens is 1. The summed E-state index contributed by atoms with van der Waals surface area (Å²) in [6.07, 6.45) is 0.